The molecule has 4 amide bonds. The smallest absolute Gasteiger partial charge is 0.333 e. The van der Waals surface area contributed by atoms with Gasteiger partial charge in [0.2, 0.25) is 21.8 Å². The Bertz CT molecular complexity index is 2350. The van der Waals surface area contributed by atoms with Gasteiger partial charge in [-0.1, -0.05) is 31.9 Å². The summed E-state index contributed by atoms with van der Waals surface area (Å²) in [5.74, 6) is -2.18. The van der Waals surface area contributed by atoms with Gasteiger partial charge in [0.05, 0.1) is 29.6 Å². The molecule has 18 heteroatoms. The van der Waals surface area contributed by atoms with Crippen LogP contribution in [0.3, 0.4) is 0 Å². The van der Waals surface area contributed by atoms with Crippen molar-refractivity contribution in [2.45, 2.75) is 125 Å². The second kappa shape index (κ2) is 15.2. The molecule has 0 bridgehead atoms. The molecule has 1 aromatic carbocycles. The standard InChI is InChI=1S/C41H49F2N7O8S/c1-4-28-33-26(27-20-25(57-3)12-13-29(27)44-28)14-16-40(58-33)22-32-35(52)46-41(37(54)48-59(55,56)39(2)17-18-39)21-24(41)10-8-6-5-7-9-11-31(36(53)49(32)23-40)45-34(51)30-15-19-50(47-30)38(42)43/h8,10,12-13,15,19-20,24,31-32,38H,4-7,9,11,14,16-18,21-23H2,1-3H3,(H,45,51)(H,46,52)(H,48,54)/b10-8-/t24-,31+,32+,40-,41-/m1/s1. The Morgan fingerprint density at radius 2 is 1.92 bits per heavy atom. The summed E-state index contributed by atoms with van der Waals surface area (Å²) in [5.41, 5.74) is -0.546. The highest BCUT2D eigenvalue weighted by molar-refractivity contribution is 7.91. The first-order chi connectivity index (χ1) is 28.1. The normalized spacial score (nSPS) is 28.3. The lowest BCUT2D eigenvalue weighted by molar-refractivity contribution is -0.141. The number of halogens is 2. The maximum atomic E-state index is 14.9. The maximum absolute atomic E-state index is 14.9. The van der Waals surface area contributed by atoms with E-state index in [0.717, 1.165) is 28.7 Å². The summed E-state index contributed by atoms with van der Waals surface area (Å²) in [7, 11) is -2.46. The minimum atomic E-state index is -4.04. The molecule has 1 saturated heterocycles. The fourth-order valence-electron chi connectivity index (χ4n) is 8.74. The average molecular weight is 838 g/mol. The molecule has 15 nitrogen and oxygen atoms in total. The van der Waals surface area contributed by atoms with Crippen molar-refractivity contribution in [3.05, 3.63) is 59.6 Å². The van der Waals surface area contributed by atoms with E-state index in [1.165, 1.54) is 4.90 Å². The Balaban J connectivity index is 1.15. The minimum Gasteiger partial charge on any atom is -0.497 e. The Kier molecular flexibility index (Phi) is 10.4. The van der Waals surface area contributed by atoms with Crippen LogP contribution in [0.25, 0.3) is 10.9 Å². The van der Waals surface area contributed by atoms with E-state index in [1.54, 1.807) is 14.0 Å². The summed E-state index contributed by atoms with van der Waals surface area (Å²) >= 11 is 0. The van der Waals surface area contributed by atoms with E-state index in [9.17, 15) is 36.4 Å². The van der Waals surface area contributed by atoms with Crippen molar-refractivity contribution in [2.24, 2.45) is 5.92 Å². The van der Waals surface area contributed by atoms with Crippen molar-refractivity contribution in [1.29, 1.82) is 0 Å². The van der Waals surface area contributed by atoms with E-state index in [2.05, 4.69) is 20.5 Å². The first kappa shape index (κ1) is 40.6. The third-order valence-corrected chi connectivity index (χ3v) is 14.9. The number of nitrogens with one attached hydrogen (secondary N) is 3. The molecule has 5 heterocycles. The Morgan fingerprint density at radius 1 is 1.12 bits per heavy atom. The van der Waals surface area contributed by atoms with Gasteiger partial charge in [-0.2, -0.15) is 13.9 Å². The van der Waals surface area contributed by atoms with Crippen LogP contribution in [0.1, 0.15) is 106 Å². The third-order valence-electron chi connectivity index (χ3n) is 12.8. The van der Waals surface area contributed by atoms with Crippen molar-refractivity contribution in [2.75, 3.05) is 13.7 Å². The molecular formula is C41H49F2N7O8S. The second-order valence-corrected chi connectivity index (χ2v) is 19.0. The zero-order valence-corrected chi connectivity index (χ0v) is 34.1. The summed E-state index contributed by atoms with van der Waals surface area (Å²) in [6.45, 7) is 0.514. The SMILES string of the molecule is CCc1nc2ccc(OC)cc2c2c1O[C@]1(CC2)C[C@H]2C(=O)N[C@]3(C(=O)NS(=O)(=O)C4(C)CC4)C[C@H]3/C=C\CCCCC[C@H](NC(=O)c3ccn(C(F)F)n3)C(=O)N2C1. The number of rotatable bonds is 8. The Morgan fingerprint density at radius 3 is 2.63 bits per heavy atom. The summed E-state index contributed by atoms with van der Waals surface area (Å²) in [6.07, 6.45) is 9.92. The number of alkyl halides is 2. The van der Waals surface area contributed by atoms with Crippen molar-refractivity contribution < 1.29 is 45.9 Å². The van der Waals surface area contributed by atoms with Gasteiger partial charge < -0.3 is 25.0 Å². The van der Waals surface area contributed by atoms with Crippen molar-refractivity contribution in [3.63, 3.8) is 0 Å². The van der Waals surface area contributed by atoms with Gasteiger partial charge >= 0.3 is 6.55 Å². The van der Waals surface area contributed by atoms with Crippen LogP contribution in [-0.2, 0) is 37.2 Å². The van der Waals surface area contributed by atoms with E-state index in [0.29, 0.717) is 79.7 Å². The number of aromatic nitrogens is 3. The predicted octanol–water partition coefficient (Wildman–Crippen LogP) is 4.25. The lowest BCUT2D eigenvalue weighted by Gasteiger charge is -2.37. The number of carbonyl (C=O) groups is 4. The summed E-state index contributed by atoms with van der Waals surface area (Å²) in [6, 6.07) is 4.41. The highest BCUT2D eigenvalue weighted by Gasteiger charge is 2.64. The van der Waals surface area contributed by atoms with Crippen LogP contribution in [0.5, 0.6) is 11.5 Å². The van der Waals surface area contributed by atoms with Crippen molar-refractivity contribution >= 4 is 44.6 Å². The zero-order valence-electron chi connectivity index (χ0n) is 33.3. The van der Waals surface area contributed by atoms with E-state index in [-0.39, 0.29) is 31.5 Å². The quantitative estimate of drug-likeness (QED) is 0.277. The highest BCUT2D eigenvalue weighted by atomic mass is 32.2. The van der Waals surface area contributed by atoms with E-state index >= 15 is 0 Å². The molecule has 0 radical (unpaired) electrons. The highest BCUT2D eigenvalue weighted by Crippen LogP contribution is 2.49. The number of nitrogens with zero attached hydrogens (tertiary/aromatic N) is 4. The van der Waals surface area contributed by atoms with Gasteiger partial charge in [-0.3, -0.25) is 23.9 Å². The number of aryl methyl sites for hydroxylation is 2. The monoisotopic (exact) mass is 837 g/mol. The van der Waals surface area contributed by atoms with Crippen LogP contribution in [0.4, 0.5) is 8.78 Å². The first-order valence-corrected chi connectivity index (χ1v) is 21.8. The van der Waals surface area contributed by atoms with Gasteiger partial charge in [0, 0.05) is 29.5 Å². The minimum absolute atomic E-state index is 0.0252. The molecule has 8 rings (SSSR count). The maximum Gasteiger partial charge on any atom is 0.333 e. The number of fused-ring (bicyclic) bond motifs is 5. The molecule has 3 aromatic rings. The van der Waals surface area contributed by atoms with Gasteiger partial charge in [0.15, 0.2) is 0 Å². The van der Waals surface area contributed by atoms with Crippen LogP contribution in [0, 0.1) is 5.92 Å². The topological polar surface area (TPSA) is 191 Å². The van der Waals surface area contributed by atoms with E-state index < -0.39 is 74.1 Å². The molecule has 1 spiro atoms. The molecule has 2 aliphatic carbocycles. The number of benzene rings is 1. The first-order valence-electron chi connectivity index (χ1n) is 20.3. The van der Waals surface area contributed by atoms with Crippen molar-refractivity contribution in [3.8, 4) is 11.5 Å². The molecule has 3 aliphatic heterocycles. The number of pyridine rings is 1. The number of amides is 4. The number of ether oxygens (including phenoxy) is 2. The number of sulfonamides is 1. The molecule has 2 saturated carbocycles. The Hall–Kier alpha value is -5.13. The number of carbonyl (C=O) groups excluding carboxylic acids is 4. The Labute approximate surface area is 340 Å². The molecule has 2 aromatic heterocycles. The fourth-order valence-corrected chi connectivity index (χ4v) is 10.1. The molecule has 59 heavy (non-hydrogen) atoms. The van der Waals surface area contributed by atoms with Crippen LogP contribution in [-0.4, -0.2) is 93.3 Å². The second-order valence-electron chi connectivity index (χ2n) is 16.8. The summed E-state index contributed by atoms with van der Waals surface area (Å²) < 4.78 is 67.2. The van der Waals surface area contributed by atoms with Gasteiger partial charge in [0.25, 0.3) is 11.8 Å². The largest absolute Gasteiger partial charge is 0.497 e. The van der Waals surface area contributed by atoms with Crippen LogP contribution >= 0.6 is 0 Å². The third kappa shape index (κ3) is 7.52. The van der Waals surface area contributed by atoms with Crippen LogP contribution in [0.2, 0.25) is 0 Å². The molecule has 0 unspecified atom stereocenters. The van der Waals surface area contributed by atoms with E-state index in [4.69, 9.17) is 14.5 Å². The molecule has 5 atom stereocenters. The van der Waals surface area contributed by atoms with Gasteiger partial charge in [-0.25, -0.2) is 18.1 Å². The predicted molar refractivity (Wildman–Crippen MR) is 210 cm³/mol. The fraction of sp³-hybridized carbons (Fsp3) is 0.561. The average Bonchev–Trinajstić information content (AvgIpc) is 4.00. The summed E-state index contributed by atoms with van der Waals surface area (Å²) in [5, 5.41) is 10.2. The van der Waals surface area contributed by atoms with Crippen LogP contribution in [0.15, 0.2) is 42.6 Å². The van der Waals surface area contributed by atoms with Gasteiger partial charge in [-0.15, -0.1) is 0 Å². The van der Waals surface area contributed by atoms with Gasteiger partial charge in [-0.05, 0) is 89.0 Å². The number of hydrogen-bond donors (Lipinski definition) is 3. The summed E-state index contributed by atoms with van der Waals surface area (Å²) in [4.78, 5) is 63.3. The zero-order chi connectivity index (χ0) is 41.9. The molecule has 5 aliphatic rings. The lowest BCUT2D eigenvalue weighted by Crippen LogP contribution is -2.58. The number of allylic oxidation sites excluding steroid dienone is 1. The van der Waals surface area contributed by atoms with E-state index in [1.807, 2.05) is 37.3 Å². The lowest BCUT2D eigenvalue weighted by atomic mass is 9.87. The van der Waals surface area contributed by atoms with Crippen LogP contribution < -0.4 is 24.8 Å². The molecule has 316 valence electrons. The molecular weight excluding hydrogens is 789 g/mol. The molecule has 3 N–H and O–H groups in total. The molecule has 3 fully saturated rings. The number of hydrogen-bond acceptors (Lipinski definition) is 10. The van der Waals surface area contributed by atoms with Gasteiger partial charge in [0.1, 0.15) is 40.4 Å². The van der Waals surface area contributed by atoms with Crippen molar-refractivity contribution in [1.82, 2.24) is 35.0 Å². The number of methoxy groups -OCH3 is 1.